The first-order valence-corrected chi connectivity index (χ1v) is 9.07. The highest BCUT2D eigenvalue weighted by Gasteiger charge is 2.12. The summed E-state index contributed by atoms with van der Waals surface area (Å²) in [6.45, 7) is 3.56. The zero-order valence-corrected chi connectivity index (χ0v) is 17.2. The third-order valence-corrected chi connectivity index (χ3v) is 5.58. The molecule has 0 fully saturated rings. The van der Waals surface area contributed by atoms with Gasteiger partial charge in [0.2, 0.25) is 0 Å². The second-order valence-electron chi connectivity index (χ2n) is 5.20. The van der Waals surface area contributed by atoms with E-state index in [1.807, 2.05) is 13.8 Å². The molecule has 1 amide bonds. The van der Waals surface area contributed by atoms with Crippen LogP contribution < -0.4 is 10.2 Å². The topological polar surface area (TPSA) is 50.7 Å². The number of carbonyl (C=O) groups excluding carboxylic acids is 1. The van der Waals surface area contributed by atoms with Crippen LogP contribution in [0.2, 0.25) is 15.1 Å². The van der Waals surface area contributed by atoms with Gasteiger partial charge >= 0.3 is 0 Å². The van der Waals surface area contributed by atoms with E-state index in [0.717, 1.165) is 15.6 Å². The quantitative estimate of drug-likeness (QED) is 0.466. The SMILES string of the molecule is Cc1cc(OCC(=O)N/N=C/c2ccc(Cl)c(Cl)c2)c(Br)c(C)c1Cl. The predicted octanol–water partition coefficient (Wildman–Crippen LogP) is 5.56. The number of rotatable bonds is 5. The molecule has 2 aromatic rings. The highest BCUT2D eigenvalue weighted by molar-refractivity contribution is 9.10. The van der Waals surface area contributed by atoms with Crippen molar-refractivity contribution in [2.24, 2.45) is 5.10 Å². The van der Waals surface area contributed by atoms with Gasteiger partial charge in [0.15, 0.2) is 6.61 Å². The van der Waals surface area contributed by atoms with E-state index in [0.29, 0.717) is 26.4 Å². The minimum absolute atomic E-state index is 0.183. The van der Waals surface area contributed by atoms with E-state index in [-0.39, 0.29) is 6.61 Å². The molecule has 0 unspecified atom stereocenters. The first-order valence-electron chi connectivity index (χ1n) is 7.14. The summed E-state index contributed by atoms with van der Waals surface area (Å²) >= 11 is 21.3. The number of carbonyl (C=O) groups is 1. The summed E-state index contributed by atoms with van der Waals surface area (Å²) in [6.07, 6.45) is 1.46. The Bertz CT molecular complexity index is 841. The highest BCUT2D eigenvalue weighted by atomic mass is 79.9. The fourth-order valence-electron chi connectivity index (χ4n) is 1.95. The van der Waals surface area contributed by atoms with Gasteiger partial charge in [-0.3, -0.25) is 4.79 Å². The van der Waals surface area contributed by atoms with E-state index in [1.165, 1.54) is 6.21 Å². The van der Waals surface area contributed by atoms with Crippen LogP contribution in [0.25, 0.3) is 0 Å². The van der Waals surface area contributed by atoms with Crippen LogP contribution in [0.5, 0.6) is 5.75 Å². The van der Waals surface area contributed by atoms with Gasteiger partial charge in [0.05, 0.1) is 20.7 Å². The Morgan fingerprint density at radius 1 is 1.24 bits per heavy atom. The lowest BCUT2D eigenvalue weighted by Gasteiger charge is -2.12. The van der Waals surface area contributed by atoms with Crippen molar-refractivity contribution in [2.75, 3.05) is 6.61 Å². The van der Waals surface area contributed by atoms with E-state index in [9.17, 15) is 4.79 Å². The lowest BCUT2D eigenvalue weighted by molar-refractivity contribution is -0.123. The monoisotopic (exact) mass is 462 g/mol. The number of nitrogens with zero attached hydrogens (tertiary/aromatic N) is 1. The van der Waals surface area contributed by atoms with Crippen molar-refractivity contribution in [2.45, 2.75) is 13.8 Å². The molecule has 0 saturated carbocycles. The Morgan fingerprint density at radius 2 is 1.96 bits per heavy atom. The number of benzene rings is 2. The van der Waals surface area contributed by atoms with Crippen molar-refractivity contribution < 1.29 is 9.53 Å². The molecule has 0 heterocycles. The van der Waals surface area contributed by atoms with Crippen molar-refractivity contribution >= 4 is 62.9 Å². The smallest absolute Gasteiger partial charge is 0.277 e. The molecule has 1 N–H and O–H groups in total. The molecule has 0 aliphatic heterocycles. The lowest BCUT2D eigenvalue weighted by Crippen LogP contribution is -2.24. The molecular weight excluding hydrogens is 450 g/mol. The summed E-state index contributed by atoms with van der Waals surface area (Å²) in [5.41, 5.74) is 4.82. The molecule has 2 rings (SSSR count). The fraction of sp³-hybridized carbons (Fsp3) is 0.176. The van der Waals surface area contributed by atoms with Gasteiger partial charge in [-0.25, -0.2) is 5.43 Å². The average Bonchev–Trinajstić information content (AvgIpc) is 2.58. The maximum Gasteiger partial charge on any atom is 0.277 e. The molecule has 0 aliphatic rings. The van der Waals surface area contributed by atoms with E-state index < -0.39 is 5.91 Å². The summed E-state index contributed by atoms with van der Waals surface area (Å²) in [7, 11) is 0. The summed E-state index contributed by atoms with van der Waals surface area (Å²) < 4.78 is 6.24. The van der Waals surface area contributed by atoms with Crippen LogP contribution in [0.1, 0.15) is 16.7 Å². The first kappa shape index (κ1) is 20.0. The number of hydrogen-bond donors (Lipinski definition) is 1. The predicted molar refractivity (Wildman–Crippen MR) is 106 cm³/mol. The summed E-state index contributed by atoms with van der Waals surface area (Å²) in [6, 6.07) is 6.80. The molecule has 25 heavy (non-hydrogen) atoms. The first-order chi connectivity index (χ1) is 11.8. The Hall–Kier alpha value is -1.27. The van der Waals surface area contributed by atoms with Gasteiger partial charge in [0.25, 0.3) is 5.91 Å². The van der Waals surface area contributed by atoms with Crippen molar-refractivity contribution in [1.29, 1.82) is 0 Å². The van der Waals surface area contributed by atoms with Crippen LogP contribution in [0.3, 0.4) is 0 Å². The van der Waals surface area contributed by atoms with Crippen molar-refractivity contribution in [3.8, 4) is 5.75 Å². The maximum atomic E-state index is 11.8. The maximum absolute atomic E-state index is 11.8. The van der Waals surface area contributed by atoms with Crippen LogP contribution in [0.4, 0.5) is 0 Å². The van der Waals surface area contributed by atoms with Crippen LogP contribution in [0, 0.1) is 13.8 Å². The number of hydrogen-bond acceptors (Lipinski definition) is 3. The number of halogens is 4. The van der Waals surface area contributed by atoms with Gasteiger partial charge in [-0.15, -0.1) is 0 Å². The lowest BCUT2D eigenvalue weighted by atomic mass is 10.1. The average molecular weight is 465 g/mol. The Morgan fingerprint density at radius 3 is 2.64 bits per heavy atom. The minimum atomic E-state index is -0.395. The second-order valence-corrected chi connectivity index (χ2v) is 7.19. The van der Waals surface area contributed by atoms with Crippen LogP contribution in [0.15, 0.2) is 33.8 Å². The van der Waals surface area contributed by atoms with Gasteiger partial charge in [-0.2, -0.15) is 5.10 Å². The third-order valence-electron chi connectivity index (χ3n) is 3.27. The Balaban J connectivity index is 1.93. The molecule has 0 aliphatic carbocycles. The normalized spacial score (nSPS) is 11.0. The molecular formula is C17H14BrCl3N2O2. The van der Waals surface area contributed by atoms with Gasteiger partial charge < -0.3 is 4.74 Å². The zero-order valence-electron chi connectivity index (χ0n) is 13.4. The van der Waals surface area contributed by atoms with Crippen LogP contribution in [-0.2, 0) is 4.79 Å². The zero-order chi connectivity index (χ0) is 18.6. The number of hydrazone groups is 1. The van der Waals surface area contributed by atoms with Gasteiger partial charge in [-0.05, 0) is 64.7 Å². The van der Waals surface area contributed by atoms with Crippen molar-refractivity contribution in [3.63, 3.8) is 0 Å². The highest BCUT2D eigenvalue weighted by Crippen LogP contribution is 2.35. The fourth-order valence-corrected chi connectivity index (χ4v) is 2.95. The minimum Gasteiger partial charge on any atom is -0.483 e. The number of aryl methyl sites for hydroxylation is 1. The van der Waals surface area contributed by atoms with Crippen molar-refractivity contribution in [1.82, 2.24) is 5.43 Å². The molecule has 0 aromatic heterocycles. The van der Waals surface area contributed by atoms with Gasteiger partial charge in [-0.1, -0.05) is 40.9 Å². The molecule has 4 nitrogen and oxygen atoms in total. The molecule has 0 saturated heterocycles. The standard InChI is InChI=1S/C17H14BrCl3N2O2/c1-9-5-14(16(18)10(2)17(9)21)25-8-15(24)23-22-7-11-3-4-12(19)13(20)6-11/h3-7H,8H2,1-2H3,(H,23,24)/b22-7+. The summed E-state index contributed by atoms with van der Waals surface area (Å²) in [5.74, 6) is 0.150. The molecule has 132 valence electrons. The largest absolute Gasteiger partial charge is 0.483 e. The molecule has 0 radical (unpaired) electrons. The summed E-state index contributed by atoms with van der Waals surface area (Å²) in [4.78, 5) is 11.8. The number of amides is 1. The molecule has 8 heteroatoms. The van der Waals surface area contributed by atoms with Gasteiger partial charge in [0.1, 0.15) is 5.75 Å². The Kier molecular flexibility index (Phi) is 7.14. The second kappa shape index (κ2) is 8.90. The van der Waals surface area contributed by atoms with Crippen LogP contribution in [-0.4, -0.2) is 18.7 Å². The van der Waals surface area contributed by atoms with E-state index in [4.69, 9.17) is 39.5 Å². The molecule has 0 atom stereocenters. The van der Waals surface area contributed by atoms with E-state index in [2.05, 4.69) is 26.5 Å². The van der Waals surface area contributed by atoms with Gasteiger partial charge in [0, 0.05) is 5.02 Å². The molecule has 0 bridgehead atoms. The van der Waals surface area contributed by atoms with Crippen molar-refractivity contribution in [3.05, 3.63) is 60.5 Å². The van der Waals surface area contributed by atoms with E-state index in [1.54, 1.807) is 24.3 Å². The number of ether oxygens (including phenoxy) is 1. The molecule has 2 aromatic carbocycles. The molecule has 0 spiro atoms. The third kappa shape index (κ3) is 5.35. The van der Waals surface area contributed by atoms with E-state index >= 15 is 0 Å². The number of nitrogens with one attached hydrogen (secondary N) is 1. The summed E-state index contributed by atoms with van der Waals surface area (Å²) in [5, 5.41) is 5.39. The van der Waals surface area contributed by atoms with Crippen LogP contribution >= 0.6 is 50.7 Å². The Labute approximate surface area is 169 Å².